The van der Waals surface area contributed by atoms with Crippen molar-refractivity contribution in [2.75, 3.05) is 31.7 Å². The number of rotatable bonds is 5. The minimum atomic E-state index is 0.348. The summed E-state index contributed by atoms with van der Waals surface area (Å²) in [5.41, 5.74) is 1.31. The van der Waals surface area contributed by atoms with Gasteiger partial charge in [-0.15, -0.1) is 0 Å². The molecule has 3 nitrogen and oxygen atoms in total. The molecule has 22 heavy (non-hydrogen) atoms. The Kier molecular flexibility index (Phi) is 5.90. The van der Waals surface area contributed by atoms with E-state index in [1.165, 1.54) is 29.9 Å². The van der Waals surface area contributed by atoms with E-state index in [0.29, 0.717) is 12.0 Å². The van der Waals surface area contributed by atoms with Crippen LogP contribution < -0.4 is 14.8 Å². The largest absolute Gasteiger partial charge is 0.493 e. The highest BCUT2D eigenvalue weighted by atomic mass is 32.2. The maximum absolute atomic E-state index is 6.39. The van der Waals surface area contributed by atoms with E-state index in [9.17, 15) is 0 Å². The van der Waals surface area contributed by atoms with Crippen molar-refractivity contribution in [2.45, 2.75) is 38.2 Å². The fraction of sp³-hybridized carbons (Fsp3) is 0.667. The topological polar surface area (TPSA) is 30.5 Å². The van der Waals surface area contributed by atoms with Crippen LogP contribution in [0, 0.1) is 5.92 Å². The normalized spacial score (nSPS) is 23.2. The molecule has 1 aromatic carbocycles. The Morgan fingerprint density at radius 1 is 1.23 bits per heavy atom. The van der Waals surface area contributed by atoms with Crippen LogP contribution in [0.1, 0.15) is 31.2 Å². The highest BCUT2D eigenvalue weighted by Crippen LogP contribution is 2.36. The zero-order valence-corrected chi connectivity index (χ0v) is 14.3. The number of ether oxygens (including phenoxy) is 2. The van der Waals surface area contributed by atoms with Gasteiger partial charge in [-0.3, -0.25) is 0 Å². The first-order valence-electron chi connectivity index (χ1n) is 8.48. The van der Waals surface area contributed by atoms with Crippen LogP contribution in [-0.2, 0) is 6.42 Å². The molecule has 0 aromatic heterocycles. The molecule has 2 saturated heterocycles. The lowest BCUT2D eigenvalue weighted by atomic mass is 9.92. The minimum absolute atomic E-state index is 0.348. The lowest BCUT2D eigenvalue weighted by Crippen LogP contribution is -2.31. The van der Waals surface area contributed by atoms with Gasteiger partial charge in [0.15, 0.2) is 11.5 Å². The van der Waals surface area contributed by atoms with Crippen LogP contribution in [0.2, 0.25) is 0 Å². The molecular formula is C18H27NO2S. The van der Waals surface area contributed by atoms with Crippen molar-refractivity contribution in [1.29, 1.82) is 0 Å². The summed E-state index contributed by atoms with van der Waals surface area (Å²) in [5.74, 6) is 5.01. The number of thioether (sulfide) groups is 1. The molecule has 122 valence electrons. The average Bonchev–Trinajstić information content (AvgIpc) is 2.58. The molecule has 1 N–H and O–H groups in total. The van der Waals surface area contributed by atoms with Crippen LogP contribution in [0.4, 0.5) is 0 Å². The Morgan fingerprint density at radius 3 is 2.82 bits per heavy atom. The Balaban J connectivity index is 1.75. The molecule has 1 unspecified atom stereocenters. The van der Waals surface area contributed by atoms with Crippen molar-refractivity contribution in [1.82, 2.24) is 5.32 Å². The van der Waals surface area contributed by atoms with Crippen LogP contribution in [-0.4, -0.2) is 37.8 Å². The van der Waals surface area contributed by atoms with Gasteiger partial charge in [0.2, 0.25) is 0 Å². The smallest absolute Gasteiger partial charge is 0.164 e. The second-order valence-corrected chi connectivity index (χ2v) is 7.52. The molecule has 2 heterocycles. The van der Waals surface area contributed by atoms with Gasteiger partial charge in [0.1, 0.15) is 6.10 Å². The Hall–Kier alpha value is -0.870. The highest BCUT2D eigenvalue weighted by molar-refractivity contribution is 7.99. The van der Waals surface area contributed by atoms with Crippen LogP contribution in [0.5, 0.6) is 11.5 Å². The molecule has 2 aliphatic heterocycles. The average molecular weight is 321 g/mol. The van der Waals surface area contributed by atoms with E-state index in [1.807, 2.05) is 17.8 Å². The number of hydrogen-bond acceptors (Lipinski definition) is 4. The third-order valence-electron chi connectivity index (χ3n) is 4.64. The number of benzene rings is 1. The molecule has 0 amide bonds. The standard InChI is InChI=1S/C18H27NO2S/c1-20-17-6-2-5-15(12-14-4-3-9-19-13-14)18(17)21-16-7-10-22-11-8-16/h2,5-6,14,16,19H,3-4,7-13H2,1H3. The van der Waals surface area contributed by atoms with Crippen LogP contribution in [0.25, 0.3) is 0 Å². The van der Waals surface area contributed by atoms with Gasteiger partial charge in [0.25, 0.3) is 0 Å². The second kappa shape index (κ2) is 8.11. The molecule has 4 heteroatoms. The number of hydrogen-bond donors (Lipinski definition) is 1. The summed E-state index contributed by atoms with van der Waals surface area (Å²) in [4.78, 5) is 0. The van der Waals surface area contributed by atoms with E-state index >= 15 is 0 Å². The third kappa shape index (κ3) is 4.11. The summed E-state index contributed by atoms with van der Waals surface area (Å²) < 4.78 is 12.0. The number of methoxy groups -OCH3 is 1. The highest BCUT2D eigenvalue weighted by Gasteiger charge is 2.22. The Labute approximate surface area is 138 Å². The van der Waals surface area contributed by atoms with Gasteiger partial charge in [-0.05, 0) is 74.2 Å². The maximum atomic E-state index is 6.39. The molecule has 0 radical (unpaired) electrons. The van der Waals surface area contributed by atoms with Crippen molar-refractivity contribution in [3.05, 3.63) is 23.8 Å². The van der Waals surface area contributed by atoms with Gasteiger partial charge in [0.05, 0.1) is 7.11 Å². The quantitative estimate of drug-likeness (QED) is 0.899. The van der Waals surface area contributed by atoms with Crippen molar-refractivity contribution >= 4 is 11.8 Å². The maximum Gasteiger partial charge on any atom is 0.164 e. The molecule has 2 aliphatic rings. The number of piperidine rings is 1. The fourth-order valence-corrected chi connectivity index (χ4v) is 4.45. The Bertz CT molecular complexity index is 468. The SMILES string of the molecule is COc1cccc(CC2CCCNC2)c1OC1CCSCC1. The van der Waals surface area contributed by atoms with Crippen LogP contribution in [0.3, 0.4) is 0 Å². The third-order valence-corrected chi connectivity index (χ3v) is 5.69. The van der Waals surface area contributed by atoms with Gasteiger partial charge in [-0.2, -0.15) is 11.8 Å². The van der Waals surface area contributed by atoms with Gasteiger partial charge < -0.3 is 14.8 Å². The van der Waals surface area contributed by atoms with Crippen LogP contribution >= 0.6 is 11.8 Å². The van der Waals surface area contributed by atoms with E-state index < -0.39 is 0 Å². The van der Waals surface area contributed by atoms with Gasteiger partial charge >= 0.3 is 0 Å². The van der Waals surface area contributed by atoms with Crippen LogP contribution in [0.15, 0.2) is 18.2 Å². The van der Waals surface area contributed by atoms with E-state index in [0.717, 1.165) is 43.9 Å². The molecule has 1 atom stereocenters. The number of nitrogens with one attached hydrogen (secondary N) is 1. The summed E-state index contributed by atoms with van der Waals surface area (Å²) in [6.07, 6.45) is 6.32. The Morgan fingerprint density at radius 2 is 2.09 bits per heavy atom. The summed E-state index contributed by atoms with van der Waals surface area (Å²) >= 11 is 2.03. The van der Waals surface area contributed by atoms with E-state index in [1.54, 1.807) is 7.11 Å². The molecule has 3 rings (SSSR count). The van der Waals surface area contributed by atoms with E-state index in [4.69, 9.17) is 9.47 Å². The summed E-state index contributed by atoms with van der Waals surface area (Å²) in [7, 11) is 1.74. The molecular weight excluding hydrogens is 294 g/mol. The lowest BCUT2D eigenvalue weighted by Gasteiger charge is -2.27. The molecule has 0 saturated carbocycles. The van der Waals surface area contributed by atoms with Gasteiger partial charge in [0, 0.05) is 0 Å². The van der Waals surface area contributed by atoms with E-state index in [2.05, 4.69) is 17.4 Å². The first kappa shape index (κ1) is 16.0. The summed E-state index contributed by atoms with van der Waals surface area (Å²) in [6.45, 7) is 2.29. The van der Waals surface area contributed by atoms with Crippen molar-refractivity contribution in [2.24, 2.45) is 5.92 Å². The second-order valence-electron chi connectivity index (χ2n) is 6.29. The first-order valence-corrected chi connectivity index (χ1v) is 9.63. The molecule has 0 spiro atoms. The molecule has 1 aromatic rings. The van der Waals surface area contributed by atoms with E-state index in [-0.39, 0.29) is 0 Å². The minimum Gasteiger partial charge on any atom is -0.493 e. The van der Waals surface area contributed by atoms with Crippen molar-refractivity contribution in [3.63, 3.8) is 0 Å². The van der Waals surface area contributed by atoms with Gasteiger partial charge in [-0.1, -0.05) is 12.1 Å². The predicted octanol–water partition coefficient (Wildman–Crippen LogP) is 3.51. The summed E-state index contributed by atoms with van der Waals surface area (Å²) in [6, 6.07) is 6.33. The molecule has 2 fully saturated rings. The van der Waals surface area contributed by atoms with Gasteiger partial charge in [-0.25, -0.2) is 0 Å². The molecule has 0 bridgehead atoms. The summed E-state index contributed by atoms with van der Waals surface area (Å²) in [5, 5.41) is 3.51. The predicted molar refractivity (Wildman–Crippen MR) is 93.3 cm³/mol. The lowest BCUT2D eigenvalue weighted by molar-refractivity contribution is 0.181. The fourth-order valence-electron chi connectivity index (χ4n) is 3.39. The molecule has 0 aliphatic carbocycles. The number of para-hydroxylation sites is 1. The zero-order chi connectivity index (χ0) is 15.2. The first-order chi connectivity index (χ1) is 10.9. The van der Waals surface area contributed by atoms with Crippen molar-refractivity contribution in [3.8, 4) is 11.5 Å². The van der Waals surface area contributed by atoms with Crippen molar-refractivity contribution < 1.29 is 9.47 Å². The zero-order valence-electron chi connectivity index (χ0n) is 13.5. The monoisotopic (exact) mass is 321 g/mol.